The molecule has 0 fully saturated rings. The molecule has 2 aromatic rings. The second-order valence-electron chi connectivity index (χ2n) is 6.42. The molecule has 0 heterocycles. The van der Waals surface area contributed by atoms with Crippen molar-refractivity contribution >= 4 is 18.0 Å². The van der Waals surface area contributed by atoms with Gasteiger partial charge in [-0.15, -0.1) is 0 Å². The van der Waals surface area contributed by atoms with Gasteiger partial charge >= 0.3 is 5.97 Å². The molecule has 0 aliphatic carbocycles. The van der Waals surface area contributed by atoms with Crippen LogP contribution in [0.4, 0.5) is 0 Å². The Morgan fingerprint density at radius 3 is 1.64 bits per heavy atom. The molecule has 4 nitrogen and oxygen atoms in total. The van der Waals surface area contributed by atoms with E-state index in [2.05, 4.69) is 4.74 Å². The van der Waals surface area contributed by atoms with Crippen LogP contribution in [-0.2, 0) is 22.4 Å². The van der Waals surface area contributed by atoms with E-state index in [1.807, 2.05) is 50.2 Å². The SMILES string of the molecule is CC.COC(=O)c1ccc(CCC(C=O)CCc2ccc(C(C)=O)cc2)cc1. The molecular formula is C24H30O4. The lowest BCUT2D eigenvalue weighted by atomic mass is 9.94. The Morgan fingerprint density at radius 2 is 1.29 bits per heavy atom. The molecule has 1 unspecified atom stereocenters. The summed E-state index contributed by atoms with van der Waals surface area (Å²) in [7, 11) is 1.36. The fourth-order valence-corrected chi connectivity index (χ4v) is 2.82. The number of hydrogen-bond donors (Lipinski definition) is 0. The maximum atomic E-state index is 11.4. The van der Waals surface area contributed by atoms with Gasteiger partial charge in [0, 0.05) is 11.5 Å². The quantitative estimate of drug-likeness (QED) is 0.345. The van der Waals surface area contributed by atoms with Crippen molar-refractivity contribution in [2.75, 3.05) is 7.11 Å². The van der Waals surface area contributed by atoms with Crippen LogP contribution >= 0.6 is 0 Å². The van der Waals surface area contributed by atoms with Crippen LogP contribution in [0.5, 0.6) is 0 Å². The molecule has 0 aromatic heterocycles. The monoisotopic (exact) mass is 382 g/mol. The Balaban J connectivity index is 0.00000190. The Kier molecular flexibility index (Phi) is 10.5. The number of methoxy groups -OCH3 is 1. The highest BCUT2D eigenvalue weighted by molar-refractivity contribution is 5.94. The van der Waals surface area contributed by atoms with Gasteiger partial charge in [-0.3, -0.25) is 4.79 Å². The smallest absolute Gasteiger partial charge is 0.337 e. The van der Waals surface area contributed by atoms with E-state index in [9.17, 15) is 14.4 Å². The Bertz CT molecular complexity index is 745. The highest BCUT2D eigenvalue weighted by Crippen LogP contribution is 2.16. The van der Waals surface area contributed by atoms with Crippen molar-refractivity contribution in [1.29, 1.82) is 0 Å². The number of ketones is 1. The minimum absolute atomic E-state index is 0.0113. The van der Waals surface area contributed by atoms with Crippen molar-refractivity contribution < 1.29 is 19.1 Å². The van der Waals surface area contributed by atoms with E-state index in [1.54, 1.807) is 19.1 Å². The first-order chi connectivity index (χ1) is 13.5. The molecule has 0 amide bonds. The summed E-state index contributed by atoms with van der Waals surface area (Å²) in [5.74, 6) is -0.304. The molecule has 0 N–H and O–H groups in total. The lowest BCUT2D eigenvalue weighted by Gasteiger charge is -2.11. The van der Waals surface area contributed by atoms with E-state index in [4.69, 9.17) is 0 Å². The first-order valence-corrected chi connectivity index (χ1v) is 9.76. The largest absolute Gasteiger partial charge is 0.465 e. The molecule has 28 heavy (non-hydrogen) atoms. The molecule has 2 rings (SSSR count). The van der Waals surface area contributed by atoms with Crippen LogP contribution in [0, 0.1) is 5.92 Å². The average molecular weight is 383 g/mol. The van der Waals surface area contributed by atoms with Crippen LogP contribution in [0.1, 0.15) is 65.5 Å². The first-order valence-electron chi connectivity index (χ1n) is 9.76. The molecule has 150 valence electrons. The predicted molar refractivity (Wildman–Crippen MR) is 112 cm³/mol. The van der Waals surface area contributed by atoms with Gasteiger partial charge in [0.15, 0.2) is 5.78 Å². The molecule has 0 radical (unpaired) electrons. The maximum absolute atomic E-state index is 11.4. The number of benzene rings is 2. The summed E-state index contributed by atoms with van der Waals surface area (Å²) in [6.45, 7) is 5.55. The lowest BCUT2D eigenvalue weighted by Crippen LogP contribution is -2.06. The highest BCUT2D eigenvalue weighted by atomic mass is 16.5. The molecule has 0 aliphatic rings. The molecule has 2 aromatic carbocycles. The Labute approximate surface area is 167 Å². The molecule has 1 atom stereocenters. The lowest BCUT2D eigenvalue weighted by molar-refractivity contribution is -0.111. The molecule has 0 bridgehead atoms. The average Bonchev–Trinajstić information content (AvgIpc) is 2.75. The van der Waals surface area contributed by atoms with Gasteiger partial charge in [-0.1, -0.05) is 50.2 Å². The van der Waals surface area contributed by atoms with E-state index in [-0.39, 0.29) is 17.7 Å². The third-order valence-corrected chi connectivity index (χ3v) is 4.54. The van der Waals surface area contributed by atoms with E-state index in [0.717, 1.165) is 43.1 Å². The van der Waals surface area contributed by atoms with E-state index >= 15 is 0 Å². The topological polar surface area (TPSA) is 60.4 Å². The predicted octanol–water partition coefficient (Wildman–Crippen LogP) is 5.08. The van der Waals surface area contributed by atoms with Crippen LogP contribution < -0.4 is 0 Å². The number of aryl methyl sites for hydroxylation is 2. The summed E-state index contributed by atoms with van der Waals surface area (Å²) >= 11 is 0. The second kappa shape index (κ2) is 12.6. The van der Waals surface area contributed by atoms with E-state index in [1.165, 1.54) is 7.11 Å². The van der Waals surface area contributed by atoms with Crippen LogP contribution in [-0.4, -0.2) is 25.1 Å². The van der Waals surface area contributed by atoms with Crippen molar-refractivity contribution in [1.82, 2.24) is 0 Å². The Hall–Kier alpha value is -2.75. The summed E-state index contributed by atoms with van der Waals surface area (Å²) in [5.41, 5.74) is 3.45. The number of carbonyl (C=O) groups excluding carboxylic acids is 3. The van der Waals surface area contributed by atoms with Crippen molar-refractivity contribution in [3.8, 4) is 0 Å². The molecule has 0 saturated carbocycles. The number of rotatable bonds is 9. The first kappa shape index (κ1) is 23.3. The minimum Gasteiger partial charge on any atom is -0.465 e. The zero-order valence-electron chi connectivity index (χ0n) is 17.2. The van der Waals surface area contributed by atoms with Gasteiger partial charge in [0.2, 0.25) is 0 Å². The number of Topliss-reactive ketones (excluding diaryl/α,β-unsaturated/α-hetero) is 1. The fourth-order valence-electron chi connectivity index (χ4n) is 2.82. The van der Waals surface area contributed by atoms with Gasteiger partial charge in [-0.05, 0) is 55.9 Å². The maximum Gasteiger partial charge on any atom is 0.337 e. The van der Waals surface area contributed by atoms with Crippen LogP contribution in [0.25, 0.3) is 0 Å². The minimum atomic E-state index is -0.349. The molecule has 0 saturated heterocycles. The molecular weight excluding hydrogens is 352 g/mol. The number of ether oxygens (including phenoxy) is 1. The van der Waals surface area contributed by atoms with Crippen molar-refractivity contribution in [2.45, 2.75) is 46.5 Å². The standard InChI is InChI=1S/C22H24O4.C2H6/c1-16(24)20-11-7-17(8-12-20)3-5-19(15-23)6-4-18-9-13-21(14-10-18)22(25)26-2;1-2/h7-15,19H,3-6H2,1-2H3;1-2H3. The van der Waals surface area contributed by atoms with E-state index in [0.29, 0.717) is 11.1 Å². The number of esters is 1. The van der Waals surface area contributed by atoms with Crippen molar-refractivity contribution in [3.63, 3.8) is 0 Å². The Morgan fingerprint density at radius 1 is 0.857 bits per heavy atom. The highest BCUT2D eigenvalue weighted by Gasteiger charge is 2.10. The van der Waals surface area contributed by atoms with Crippen molar-refractivity contribution in [3.05, 3.63) is 70.8 Å². The van der Waals surface area contributed by atoms with Gasteiger partial charge in [0.1, 0.15) is 6.29 Å². The summed E-state index contributed by atoms with van der Waals surface area (Å²) in [5, 5.41) is 0. The number of aldehydes is 1. The van der Waals surface area contributed by atoms with Gasteiger partial charge in [0.25, 0.3) is 0 Å². The van der Waals surface area contributed by atoms with Crippen LogP contribution in [0.15, 0.2) is 48.5 Å². The zero-order valence-corrected chi connectivity index (χ0v) is 17.2. The third-order valence-electron chi connectivity index (χ3n) is 4.54. The molecule has 0 aliphatic heterocycles. The van der Waals surface area contributed by atoms with E-state index < -0.39 is 0 Å². The van der Waals surface area contributed by atoms with Crippen molar-refractivity contribution in [2.24, 2.45) is 5.92 Å². The van der Waals surface area contributed by atoms with Gasteiger partial charge in [-0.2, -0.15) is 0 Å². The summed E-state index contributed by atoms with van der Waals surface area (Å²) < 4.78 is 4.68. The normalized spacial score (nSPS) is 11.0. The number of carbonyl (C=O) groups is 3. The second-order valence-corrected chi connectivity index (χ2v) is 6.42. The molecule has 0 spiro atoms. The van der Waals surface area contributed by atoms with Gasteiger partial charge in [0.05, 0.1) is 12.7 Å². The van der Waals surface area contributed by atoms with Crippen LogP contribution in [0.2, 0.25) is 0 Å². The summed E-state index contributed by atoms with van der Waals surface area (Å²) in [4.78, 5) is 34.1. The zero-order chi connectivity index (χ0) is 20.9. The summed E-state index contributed by atoms with van der Waals surface area (Å²) in [6.07, 6.45) is 4.17. The third kappa shape index (κ3) is 7.47. The van der Waals surface area contributed by atoms with Crippen LogP contribution in [0.3, 0.4) is 0 Å². The number of hydrogen-bond acceptors (Lipinski definition) is 4. The van der Waals surface area contributed by atoms with Gasteiger partial charge in [-0.25, -0.2) is 4.79 Å². The summed E-state index contributed by atoms with van der Waals surface area (Å²) in [6, 6.07) is 14.8. The fraction of sp³-hybridized carbons (Fsp3) is 0.375. The van der Waals surface area contributed by atoms with Gasteiger partial charge < -0.3 is 9.53 Å². The molecule has 4 heteroatoms.